The molecule has 2 N–H and O–H groups in total. The first kappa shape index (κ1) is 25.9. The van der Waals surface area contributed by atoms with Crippen LogP contribution in [-0.2, 0) is 25.7 Å². The van der Waals surface area contributed by atoms with E-state index < -0.39 is 36.0 Å². The molecular weight excluding hydrogens is 468 g/mol. The van der Waals surface area contributed by atoms with E-state index in [-0.39, 0.29) is 12.5 Å². The van der Waals surface area contributed by atoms with Gasteiger partial charge in [-0.3, -0.25) is 4.79 Å². The summed E-state index contributed by atoms with van der Waals surface area (Å²) in [5, 5.41) is 5.58. The van der Waals surface area contributed by atoms with E-state index in [0.717, 1.165) is 27.8 Å². The van der Waals surface area contributed by atoms with E-state index in [2.05, 4.69) is 10.6 Å². The molecule has 0 aliphatic heterocycles. The molecule has 2 atom stereocenters. The third kappa shape index (κ3) is 6.00. The lowest BCUT2D eigenvalue weighted by Crippen LogP contribution is -2.54. The van der Waals surface area contributed by atoms with Crippen molar-refractivity contribution in [2.45, 2.75) is 44.9 Å². The third-order valence-corrected chi connectivity index (χ3v) is 6.50. The second kappa shape index (κ2) is 11.7. The predicted molar refractivity (Wildman–Crippen MR) is 141 cm³/mol. The van der Waals surface area contributed by atoms with Crippen molar-refractivity contribution in [1.82, 2.24) is 10.6 Å². The molecular formula is C30H32N2O5. The first-order chi connectivity index (χ1) is 17.9. The number of hydrogen-bond acceptors (Lipinski definition) is 5. The fourth-order valence-electron chi connectivity index (χ4n) is 4.82. The van der Waals surface area contributed by atoms with Gasteiger partial charge >= 0.3 is 12.1 Å². The highest BCUT2D eigenvalue weighted by atomic mass is 16.5. The van der Waals surface area contributed by atoms with Crippen LogP contribution < -0.4 is 10.6 Å². The van der Waals surface area contributed by atoms with E-state index in [1.165, 1.54) is 7.11 Å². The molecule has 1 aliphatic carbocycles. The van der Waals surface area contributed by atoms with Crippen molar-refractivity contribution < 1.29 is 23.9 Å². The van der Waals surface area contributed by atoms with Crippen molar-refractivity contribution in [3.05, 3.63) is 95.6 Å². The molecule has 0 unspecified atom stereocenters. The van der Waals surface area contributed by atoms with E-state index in [0.29, 0.717) is 6.42 Å². The van der Waals surface area contributed by atoms with Crippen LogP contribution in [0.5, 0.6) is 0 Å². The van der Waals surface area contributed by atoms with Gasteiger partial charge in [0.1, 0.15) is 18.7 Å². The fraction of sp³-hybridized carbons (Fsp3) is 0.300. The maximum absolute atomic E-state index is 13.5. The third-order valence-electron chi connectivity index (χ3n) is 6.50. The Kier molecular flexibility index (Phi) is 8.23. The van der Waals surface area contributed by atoms with Crippen molar-refractivity contribution in [2.24, 2.45) is 5.92 Å². The number of nitrogens with one attached hydrogen (secondary N) is 2. The van der Waals surface area contributed by atoms with Gasteiger partial charge in [-0.15, -0.1) is 0 Å². The number of carbonyl (C=O) groups is 3. The second-order valence-electron chi connectivity index (χ2n) is 9.55. The summed E-state index contributed by atoms with van der Waals surface area (Å²) in [5.74, 6) is -1.34. The summed E-state index contributed by atoms with van der Waals surface area (Å²) in [6, 6.07) is 23.1. The molecule has 4 rings (SSSR count). The summed E-state index contributed by atoms with van der Waals surface area (Å²) in [5.41, 5.74) is 4.76. The summed E-state index contributed by atoms with van der Waals surface area (Å²) >= 11 is 0. The van der Waals surface area contributed by atoms with E-state index in [1.54, 1.807) is 0 Å². The Morgan fingerprint density at radius 2 is 1.38 bits per heavy atom. The van der Waals surface area contributed by atoms with Crippen molar-refractivity contribution in [1.29, 1.82) is 0 Å². The van der Waals surface area contributed by atoms with Crippen molar-refractivity contribution in [2.75, 3.05) is 7.11 Å². The summed E-state index contributed by atoms with van der Waals surface area (Å²) in [4.78, 5) is 39.1. The number of hydrogen-bond donors (Lipinski definition) is 2. The van der Waals surface area contributed by atoms with Crippen molar-refractivity contribution in [3.8, 4) is 11.1 Å². The fourth-order valence-corrected chi connectivity index (χ4v) is 4.82. The van der Waals surface area contributed by atoms with E-state index >= 15 is 0 Å². The average Bonchev–Trinajstić information content (AvgIpc) is 3.24. The highest BCUT2D eigenvalue weighted by Crippen LogP contribution is 2.46. The van der Waals surface area contributed by atoms with Crippen LogP contribution in [-0.4, -0.2) is 37.2 Å². The Hall–Kier alpha value is -4.13. The molecule has 0 fully saturated rings. The van der Waals surface area contributed by atoms with Gasteiger partial charge in [0.15, 0.2) is 0 Å². The summed E-state index contributed by atoms with van der Waals surface area (Å²) in [7, 11) is 1.30. The number of amides is 2. The Morgan fingerprint density at radius 3 is 1.95 bits per heavy atom. The molecule has 0 bridgehead atoms. The minimum atomic E-state index is -0.973. The number of fused-ring (bicyclic) bond motifs is 3. The van der Waals surface area contributed by atoms with Gasteiger partial charge in [-0.25, -0.2) is 9.59 Å². The maximum atomic E-state index is 13.5. The Labute approximate surface area is 217 Å². The normalized spacial score (nSPS) is 13.7. The van der Waals surface area contributed by atoms with Gasteiger partial charge in [-0.1, -0.05) is 92.7 Å². The number of esters is 1. The molecule has 0 radical (unpaired) electrons. The lowest BCUT2D eigenvalue weighted by molar-refractivity contribution is -0.145. The van der Waals surface area contributed by atoms with Crippen LogP contribution in [0.15, 0.2) is 78.9 Å². The molecule has 0 saturated carbocycles. The van der Waals surface area contributed by atoms with Crippen LogP contribution in [0.4, 0.5) is 4.79 Å². The molecule has 0 spiro atoms. The van der Waals surface area contributed by atoms with E-state index in [4.69, 9.17) is 9.47 Å². The number of methoxy groups -OCH3 is 1. The van der Waals surface area contributed by atoms with Gasteiger partial charge < -0.3 is 20.1 Å². The SMILES string of the molecule is COC(=O)[C@@H](NC(=O)[C@H](CC(C)C)NC(=O)OCc1ccccc1)C1c2ccccc2-c2ccccc21. The molecule has 0 saturated heterocycles. The van der Waals surface area contributed by atoms with Gasteiger partial charge in [0.25, 0.3) is 0 Å². The van der Waals surface area contributed by atoms with Gasteiger partial charge in [0.05, 0.1) is 7.11 Å². The first-order valence-corrected chi connectivity index (χ1v) is 12.4. The molecule has 192 valence electrons. The van der Waals surface area contributed by atoms with E-state index in [9.17, 15) is 14.4 Å². The highest BCUT2D eigenvalue weighted by molar-refractivity contribution is 5.92. The Morgan fingerprint density at radius 1 is 0.811 bits per heavy atom. The topological polar surface area (TPSA) is 93.7 Å². The standard InChI is InChI=1S/C30H32N2O5/c1-19(2)17-25(31-30(35)37-18-20-11-5-4-6-12-20)28(33)32-27(29(34)36-3)26-23-15-9-7-13-21(23)22-14-8-10-16-24(22)26/h4-16,19,25-27H,17-18H2,1-3H3,(H,31,35)(H,32,33)/t25-,27-/m0/s1. The molecule has 0 aromatic heterocycles. The van der Waals surface area contributed by atoms with Gasteiger partial charge in [0.2, 0.25) is 5.91 Å². The summed E-state index contributed by atoms with van der Waals surface area (Å²) in [6.07, 6.45) is -0.325. The number of carbonyl (C=O) groups excluding carboxylic acids is 3. The van der Waals surface area contributed by atoms with Crippen LogP contribution in [0.25, 0.3) is 11.1 Å². The van der Waals surface area contributed by atoms with Crippen LogP contribution in [0.2, 0.25) is 0 Å². The van der Waals surface area contributed by atoms with Gasteiger partial charge in [-0.05, 0) is 40.2 Å². The minimum Gasteiger partial charge on any atom is -0.467 e. The Bertz CT molecular complexity index is 1210. The quantitative estimate of drug-likeness (QED) is 0.412. The molecule has 7 heteroatoms. The summed E-state index contributed by atoms with van der Waals surface area (Å²) < 4.78 is 10.5. The van der Waals surface area contributed by atoms with E-state index in [1.807, 2.05) is 92.7 Å². The molecule has 2 amide bonds. The van der Waals surface area contributed by atoms with Gasteiger partial charge in [-0.2, -0.15) is 0 Å². The van der Waals surface area contributed by atoms with Crippen molar-refractivity contribution in [3.63, 3.8) is 0 Å². The largest absolute Gasteiger partial charge is 0.467 e. The lowest BCUT2D eigenvalue weighted by atomic mass is 9.89. The molecule has 3 aromatic rings. The zero-order valence-electron chi connectivity index (χ0n) is 21.3. The lowest BCUT2D eigenvalue weighted by Gasteiger charge is -2.27. The zero-order valence-corrected chi connectivity index (χ0v) is 21.3. The number of rotatable bonds is 9. The van der Waals surface area contributed by atoms with Crippen LogP contribution in [0, 0.1) is 5.92 Å². The van der Waals surface area contributed by atoms with Crippen LogP contribution in [0.3, 0.4) is 0 Å². The average molecular weight is 501 g/mol. The number of ether oxygens (including phenoxy) is 2. The van der Waals surface area contributed by atoms with Crippen LogP contribution in [0.1, 0.15) is 42.9 Å². The maximum Gasteiger partial charge on any atom is 0.408 e. The first-order valence-electron chi connectivity index (χ1n) is 12.4. The molecule has 37 heavy (non-hydrogen) atoms. The molecule has 0 heterocycles. The minimum absolute atomic E-state index is 0.0864. The smallest absolute Gasteiger partial charge is 0.408 e. The monoisotopic (exact) mass is 500 g/mol. The molecule has 1 aliphatic rings. The highest BCUT2D eigenvalue weighted by Gasteiger charge is 2.40. The van der Waals surface area contributed by atoms with Crippen LogP contribution >= 0.6 is 0 Å². The zero-order chi connectivity index (χ0) is 26.4. The predicted octanol–water partition coefficient (Wildman–Crippen LogP) is 4.80. The molecule has 3 aromatic carbocycles. The van der Waals surface area contributed by atoms with Gasteiger partial charge in [0, 0.05) is 5.92 Å². The Balaban J connectivity index is 1.55. The van der Waals surface area contributed by atoms with Crippen molar-refractivity contribution >= 4 is 18.0 Å². The number of benzene rings is 3. The second-order valence-corrected chi connectivity index (χ2v) is 9.55. The number of alkyl carbamates (subject to hydrolysis) is 1. The summed E-state index contributed by atoms with van der Waals surface area (Å²) in [6.45, 7) is 4.00. The molecule has 7 nitrogen and oxygen atoms in total.